The Hall–Kier alpha value is -1.17. The number of rotatable bonds is 6. The second-order valence-corrected chi connectivity index (χ2v) is 6.86. The van der Waals surface area contributed by atoms with Crippen molar-refractivity contribution in [3.05, 3.63) is 39.8 Å². The predicted molar refractivity (Wildman–Crippen MR) is 83.4 cm³/mol. The van der Waals surface area contributed by atoms with E-state index < -0.39 is 0 Å². The van der Waals surface area contributed by atoms with Gasteiger partial charge in [0, 0.05) is 25.8 Å². The Labute approximate surface area is 129 Å². The zero-order chi connectivity index (χ0) is 14.1. The van der Waals surface area contributed by atoms with Crippen LogP contribution >= 0.6 is 11.3 Å². The van der Waals surface area contributed by atoms with Gasteiger partial charge >= 0.3 is 0 Å². The minimum atomic E-state index is 0.104. The topological polar surface area (TPSA) is 39.1 Å². The molecule has 0 radical (unpaired) electrons. The van der Waals surface area contributed by atoms with Crippen molar-refractivity contribution in [1.29, 1.82) is 0 Å². The van der Waals surface area contributed by atoms with Crippen molar-refractivity contribution in [3.8, 4) is 0 Å². The Morgan fingerprint density at radius 1 is 1.43 bits per heavy atom. The van der Waals surface area contributed by atoms with Crippen LogP contribution in [0.2, 0.25) is 0 Å². The first-order valence-electron chi connectivity index (χ1n) is 7.78. The van der Waals surface area contributed by atoms with Crippen molar-refractivity contribution in [3.63, 3.8) is 0 Å². The number of aromatic nitrogens is 2. The fourth-order valence-electron chi connectivity index (χ4n) is 2.89. The van der Waals surface area contributed by atoms with Crippen molar-refractivity contribution >= 4 is 11.3 Å². The van der Waals surface area contributed by atoms with Crippen LogP contribution in [0.1, 0.15) is 35.8 Å². The van der Waals surface area contributed by atoms with Gasteiger partial charge in [0.25, 0.3) is 0 Å². The molecule has 1 fully saturated rings. The van der Waals surface area contributed by atoms with E-state index in [1.807, 2.05) is 0 Å². The molecule has 5 heteroatoms. The summed E-state index contributed by atoms with van der Waals surface area (Å²) >= 11 is 1.74. The Morgan fingerprint density at radius 2 is 2.38 bits per heavy atom. The lowest BCUT2D eigenvalue weighted by Gasteiger charge is -2.22. The first-order valence-corrected chi connectivity index (χ1v) is 8.72. The Balaban J connectivity index is 1.38. The molecule has 2 aromatic rings. The lowest BCUT2D eigenvalue weighted by molar-refractivity contribution is 0.0393. The van der Waals surface area contributed by atoms with E-state index >= 15 is 0 Å². The van der Waals surface area contributed by atoms with E-state index in [9.17, 15) is 0 Å². The maximum atomic E-state index is 5.92. The van der Waals surface area contributed by atoms with Gasteiger partial charge in [-0.1, -0.05) is 0 Å². The van der Waals surface area contributed by atoms with Crippen molar-refractivity contribution in [2.45, 2.75) is 38.5 Å². The zero-order valence-electron chi connectivity index (χ0n) is 12.1. The Bertz CT molecular complexity index is 589. The summed E-state index contributed by atoms with van der Waals surface area (Å²) in [6.45, 7) is 3.64. The van der Waals surface area contributed by atoms with Crippen LogP contribution in [-0.4, -0.2) is 22.9 Å². The maximum Gasteiger partial charge on any atom is 0.114 e. The second kappa shape index (κ2) is 5.91. The third-order valence-corrected chi connectivity index (χ3v) is 4.98. The minimum absolute atomic E-state index is 0.104. The molecule has 1 aliphatic carbocycles. The summed E-state index contributed by atoms with van der Waals surface area (Å²) in [7, 11) is 0. The fourth-order valence-corrected chi connectivity index (χ4v) is 3.55. The maximum absolute atomic E-state index is 5.92. The molecule has 1 atom stereocenters. The van der Waals surface area contributed by atoms with Crippen LogP contribution in [-0.2, 0) is 24.2 Å². The molecule has 2 aromatic heterocycles. The van der Waals surface area contributed by atoms with Gasteiger partial charge in [0.2, 0.25) is 0 Å². The van der Waals surface area contributed by atoms with Gasteiger partial charge in [0.1, 0.15) is 6.10 Å². The summed E-state index contributed by atoms with van der Waals surface area (Å²) in [5.41, 5.74) is 3.87. The smallest absolute Gasteiger partial charge is 0.114 e. The van der Waals surface area contributed by atoms with E-state index in [0.29, 0.717) is 0 Å². The van der Waals surface area contributed by atoms with E-state index in [-0.39, 0.29) is 6.10 Å². The van der Waals surface area contributed by atoms with E-state index in [1.54, 1.807) is 11.3 Å². The van der Waals surface area contributed by atoms with Crippen LogP contribution in [0.4, 0.5) is 0 Å². The molecule has 0 aromatic carbocycles. The number of thiophene rings is 1. The highest BCUT2D eigenvalue weighted by Crippen LogP contribution is 2.32. The van der Waals surface area contributed by atoms with Crippen LogP contribution < -0.4 is 5.32 Å². The van der Waals surface area contributed by atoms with Crippen LogP contribution in [0.15, 0.2) is 23.0 Å². The van der Waals surface area contributed by atoms with Crippen molar-refractivity contribution in [1.82, 2.24) is 15.1 Å². The van der Waals surface area contributed by atoms with Crippen molar-refractivity contribution in [2.75, 3.05) is 13.2 Å². The number of nitrogens with one attached hydrogen (secondary N) is 1. The van der Waals surface area contributed by atoms with E-state index in [0.717, 1.165) is 44.3 Å². The molecule has 1 unspecified atom stereocenters. The molecule has 4 nitrogen and oxygen atoms in total. The van der Waals surface area contributed by atoms with Gasteiger partial charge in [-0.25, -0.2) is 0 Å². The van der Waals surface area contributed by atoms with Crippen molar-refractivity contribution < 1.29 is 4.74 Å². The van der Waals surface area contributed by atoms with Crippen LogP contribution in [0.25, 0.3) is 0 Å². The second-order valence-electron chi connectivity index (χ2n) is 6.08. The third kappa shape index (κ3) is 3.20. The number of nitrogens with zero attached hydrogens (tertiary/aromatic N) is 2. The molecule has 112 valence electrons. The molecule has 4 rings (SSSR count). The lowest BCUT2D eigenvalue weighted by Crippen LogP contribution is -2.27. The SMILES string of the molecule is c1cc(CNCC2OCCc3cn(CC4CC4)nc32)cs1. The molecule has 1 saturated carbocycles. The Kier molecular flexibility index (Phi) is 3.80. The summed E-state index contributed by atoms with van der Waals surface area (Å²) in [6, 6.07) is 2.16. The standard InChI is InChI=1S/C16H21N3OS/c1-2-12(1)9-19-10-14-3-5-20-15(16(14)18-19)8-17-7-13-4-6-21-11-13/h4,6,10-12,15,17H,1-3,5,7-9H2. The molecule has 1 aliphatic heterocycles. The molecule has 0 amide bonds. The molecule has 2 aliphatic rings. The fraction of sp³-hybridized carbons (Fsp3) is 0.562. The van der Waals surface area contributed by atoms with Gasteiger partial charge in [-0.05, 0) is 53.1 Å². The molecule has 0 saturated heterocycles. The summed E-state index contributed by atoms with van der Waals surface area (Å²) in [5, 5.41) is 12.6. The molecule has 1 N–H and O–H groups in total. The van der Waals surface area contributed by atoms with Gasteiger partial charge in [-0.3, -0.25) is 4.68 Å². The van der Waals surface area contributed by atoms with E-state index in [1.165, 1.54) is 24.0 Å². The van der Waals surface area contributed by atoms with Crippen LogP contribution in [0, 0.1) is 5.92 Å². The molecule has 0 bridgehead atoms. The predicted octanol–water partition coefficient (Wildman–Crippen LogP) is 2.76. The number of hydrogen-bond acceptors (Lipinski definition) is 4. The summed E-state index contributed by atoms with van der Waals surface area (Å²) in [6.07, 6.45) is 6.08. The molecule has 3 heterocycles. The molecule has 21 heavy (non-hydrogen) atoms. The van der Waals surface area contributed by atoms with E-state index in [4.69, 9.17) is 9.84 Å². The highest BCUT2D eigenvalue weighted by atomic mass is 32.1. The third-order valence-electron chi connectivity index (χ3n) is 4.25. The normalized spacial score (nSPS) is 21.4. The number of ether oxygens (including phenoxy) is 1. The summed E-state index contributed by atoms with van der Waals surface area (Å²) < 4.78 is 8.06. The summed E-state index contributed by atoms with van der Waals surface area (Å²) in [4.78, 5) is 0. The quantitative estimate of drug-likeness (QED) is 0.892. The summed E-state index contributed by atoms with van der Waals surface area (Å²) in [5.74, 6) is 0.863. The largest absolute Gasteiger partial charge is 0.370 e. The molecular formula is C16H21N3OS. The van der Waals surface area contributed by atoms with Gasteiger partial charge < -0.3 is 10.1 Å². The lowest BCUT2D eigenvalue weighted by atomic mass is 10.1. The molecule has 0 spiro atoms. The van der Waals surface area contributed by atoms with Gasteiger partial charge in [0.15, 0.2) is 0 Å². The number of hydrogen-bond donors (Lipinski definition) is 1. The minimum Gasteiger partial charge on any atom is -0.370 e. The highest BCUT2D eigenvalue weighted by Gasteiger charge is 2.27. The first-order chi connectivity index (χ1) is 10.4. The Morgan fingerprint density at radius 3 is 3.19 bits per heavy atom. The van der Waals surface area contributed by atoms with Crippen LogP contribution in [0.5, 0.6) is 0 Å². The van der Waals surface area contributed by atoms with Crippen LogP contribution in [0.3, 0.4) is 0 Å². The monoisotopic (exact) mass is 303 g/mol. The average molecular weight is 303 g/mol. The average Bonchev–Trinajstić information content (AvgIpc) is 3.00. The number of fused-ring (bicyclic) bond motifs is 1. The van der Waals surface area contributed by atoms with Gasteiger partial charge in [-0.15, -0.1) is 0 Å². The molecular weight excluding hydrogens is 282 g/mol. The van der Waals surface area contributed by atoms with Gasteiger partial charge in [0.05, 0.1) is 12.3 Å². The van der Waals surface area contributed by atoms with Crippen molar-refractivity contribution in [2.24, 2.45) is 5.92 Å². The van der Waals surface area contributed by atoms with Gasteiger partial charge in [-0.2, -0.15) is 16.4 Å². The van der Waals surface area contributed by atoms with E-state index in [2.05, 4.69) is 33.0 Å². The highest BCUT2D eigenvalue weighted by molar-refractivity contribution is 7.07. The zero-order valence-corrected chi connectivity index (χ0v) is 12.9. The first kappa shape index (κ1) is 13.5.